The van der Waals surface area contributed by atoms with Crippen LogP contribution in [0.5, 0.6) is 5.75 Å². The van der Waals surface area contributed by atoms with Gasteiger partial charge in [0.15, 0.2) is 0 Å². The Hall–Kier alpha value is -1.02. The van der Waals surface area contributed by atoms with E-state index < -0.39 is 0 Å². The lowest BCUT2D eigenvalue weighted by Gasteiger charge is -2.31. The average molecular weight is 275 g/mol. The predicted octanol–water partition coefficient (Wildman–Crippen LogP) is 4.70. The number of benzene rings is 1. The predicted molar refractivity (Wildman–Crippen MR) is 85.2 cm³/mol. The fourth-order valence-corrected chi connectivity index (χ4v) is 3.49. The monoisotopic (exact) mass is 275 g/mol. The standard InChI is InChI=1S/C18H29NO/c1-4-7-15-10-12-16(13-11-15)19-14(2)17-8-5-6-9-18(17)20-3/h5-6,8-9,14-16,19H,4,7,10-13H2,1-3H3/t14-,15?,16?/m0/s1. The summed E-state index contributed by atoms with van der Waals surface area (Å²) in [6.07, 6.45) is 8.18. The molecule has 1 atom stereocenters. The molecule has 0 aliphatic heterocycles. The molecule has 0 saturated heterocycles. The maximum atomic E-state index is 5.46. The third kappa shape index (κ3) is 3.99. The number of methoxy groups -OCH3 is 1. The van der Waals surface area contributed by atoms with E-state index in [4.69, 9.17) is 4.74 Å². The minimum Gasteiger partial charge on any atom is -0.496 e. The summed E-state index contributed by atoms with van der Waals surface area (Å²) in [6, 6.07) is 9.37. The highest BCUT2D eigenvalue weighted by molar-refractivity contribution is 5.35. The van der Waals surface area contributed by atoms with Crippen molar-refractivity contribution < 1.29 is 4.74 Å². The average Bonchev–Trinajstić information content (AvgIpc) is 2.49. The lowest BCUT2D eigenvalue weighted by Crippen LogP contribution is -2.35. The molecule has 0 amide bonds. The largest absolute Gasteiger partial charge is 0.496 e. The van der Waals surface area contributed by atoms with E-state index in [0.717, 1.165) is 11.7 Å². The Kier molecular flexibility index (Phi) is 5.90. The molecule has 1 aromatic rings. The normalized spacial score (nSPS) is 24.4. The first-order valence-corrected chi connectivity index (χ1v) is 8.13. The Morgan fingerprint density at radius 1 is 1.20 bits per heavy atom. The van der Waals surface area contributed by atoms with Crippen molar-refractivity contribution in [3.8, 4) is 5.75 Å². The van der Waals surface area contributed by atoms with Gasteiger partial charge < -0.3 is 10.1 Å². The van der Waals surface area contributed by atoms with Crippen molar-refractivity contribution in [2.75, 3.05) is 7.11 Å². The van der Waals surface area contributed by atoms with Gasteiger partial charge in [0.1, 0.15) is 5.75 Å². The smallest absolute Gasteiger partial charge is 0.123 e. The van der Waals surface area contributed by atoms with Crippen molar-refractivity contribution in [1.29, 1.82) is 0 Å². The molecule has 1 aliphatic rings. The molecule has 1 saturated carbocycles. The summed E-state index contributed by atoms with van der Waals surface area (Å²) in [5, 5.41) is 3.79. The highest BCUT2D eigenvalue weighted by atomic mass is 16.5. The molecule has 1 N–H and O–H groups in total. The summed E-state index contributed by atoms with van der Waals surface area (Å²) < 4.78 is 5.46. The number of hydrogen-bond donors (Lipinski definition) is 1. The molecule has 2 rings (SSSR count). The van der Waals surface area contributed by atoms with Crippen molar-refractivity contribution >= 4 is 0 Å². The van der Waals surface area contributed by atoms with Gasteiger partial charge in [0.2, 0.25) is 0 Å². The first-order valence-electron chi connectivity index (χ1n) is 8.13. The molecule has 0 spiro atoms. The first kappa shape index (κ1) is 15.4. The van der Waals surface area contributed by atoms with Crippen molar-refractivity contribution in [1.82, 2.24) is 5.32 Å². The van der Waals surface area contributed by atoms with Crippen molar-refractivity contribution in [2.45, 2.75) is 64.5 Å². The Bertz CT molecular complexity index is 396. The van der Waals surface area contributed by atoms with E-state index in [2.05, 4.69) is 31.3 Å². The topological polar surface area (TPSA) is 21.3 Å². The van der Waals surface area contributed by atoms with Gasteiger partial charge in [0, 0.05) is 17.6 Å². The second kappa shape index (κ2) is 7.68. The second-order valence-corrected chi connectivity index (χ2v) is 6.14. The van der Waals surface area contributed by atoms with Gasteiger partial charge in [0.05, 0.1) is 7.11 Å². The van der Waals surface area contributed by atoms with Gasteiger partial charge in [-0.05, 0) is 44.6 Å². The summed E-state index contributed by atoms with van der Waals surface area (Å²) in [4.78, 5) is 0. The quantitative estimate of drug-likeness (QED) is 0.812. The molecule has 1 aliphatic carbocycles. The SMILES string of the molecule is CCCC1CCC(N[C@@H](C)c2ccccc2OC)CC1. The van der Waals surface area contributed by atoms with Crippen molar-refractivity contribution in [3.63, 3.8) is 0 Å². The van der Waals surface area contributed by atoms with Crippen LogP contribution in [0, 0.1) is 5.92 Å². The molecule has 0 aromatic heterocycles. The second-order valence-electron chi connectivity index (χ2n) is 6.14. The zero-order valence-corrected chi connectivity index (χ0v) is 13.2. The molecule has 0 radical (unpaired) electrons. The van der Waals surface area contributed by atoms with Crippen molar-refractivity contribution in [3.05, 3.63) is 29.8 Å². The maximum Gasteiger partial charge on any atom is 0.123 e. The molecule has 1 fully saturated rings. The van der Waals surface area contributed by atoms with Crippen LogP contribution >= 0.6 is 0 Å². The highest BCUT2D eigenvalue weighted by Crippen LogP contribution is 2.30. The molecule has 0 unspecified atom stereocenters. The number of hydrogen-bond acceptors (Lipinski definition) is 2. The van der Waals surface area contributed by atoms with Crippen molar-refractivity contribution in [2.24, 2.45) is 5.92 Å². The molecule has 20 heavy (non-hydrogen) atoms. The van der Waals surface area contributed by atoms with E-state index in [9.17, 15) is 0 Å². The van der Waals surface area contributed by atoms with Gasteiger partial charge >= 0.3 is 0 Å². The molecule has 2 heteroatoms. The fraction of sp³-hybridized carbons (Fsp3) is 0.667. The van der Waals surface area contributed by atoms with Gasteiger partial charge in [-0.15, -0.1) is 0 Å². The summed E-state index contributed by atoms with van der Waals surface area (Å²) in [7, 11) is 1.75. The fourth-order valence-electron chi connectivity index (χ4n) is 3.49. The molecule has 0 bridgehead atoms. The summed E-state index contributed by atoms with van der Waals surface area (Å²) in [5.41, 5.74) is 1.27. The van der Waals surface area contributed by atoms with Crippen LogP contribution in [-0.2, 0) is 0 Å². The zero-order chi connectivity index (χ0) is 14.4. The molecule has 0 heterocycles. The minimum atomic E-state index is 0.360. The van der Waals surface area contributed by atoms with Gasteiger partial charge in [-0.2, -0.15) is 0 Å². The summed E-state index contributed by atoms with van der Waals surface area (Å²) in [5.74, 6) is 1.96. The Morgan fingerprint density at radius 2 is 1.90 bits per heavy atom. The number of nitrogens with one attached hydrogen (secondary N) is 1. The van der Waals surface area contributed by atoms with E-state index in [0.29, 0.717) is 12.1 Å². The molecule has 2 nitrogen and oxygen atoms in total. The van der Waals surface area contributed by atoms with E-state index >= 15 is 0 Å². The Balaban J connectivity index is 1.87. The van der Waals surface area contributed by atoms with Crippen LogP contribution in [0.15, 0.2) is 24.3 Å². The summed E-state index contributed by atoms with van der Waals surface area (Å²) in [6.45, 7) is 4.55. The minimum absolute atomic E-state index is 0.360. The van der Waals surface area contributed by atoms with Crippen LogP contribution in [0.1, 0.15) is 64.0 Å². The van der Waals surface area contributed by atoms with Crippen LogP contribution in [0.3, 0.4) is 0 Å². The van der Waals surface area contributed by atoms with E-state index in [-0.39, 0.29) is 0 Å². The lowest BCUT2D eigenvalue weighted by molar-refractivity contribution is 0.265. The number of rotatable bonds is 6. The van der Waals surface area contributed by atoms with Crippen LogP contribution in [-0.4, -0.2) is 13.2 Å². The van der Waals surface area contributed by atoms with Crippen LogP contribution in [0.2, 0.25) is 0 Å². The number of para-hydroxylation sites is 1. The molecule has 1 aromatic carbocycles. The molecule has 112 valence electrons. The zero-order valence-electron chi connectivity index (χ0n) is 13.2. The van der Waals surface area contributed by atoms with E-state index in [1.807, 2.05) is 12.1 Å². The van der Waals surface area contributed by atoms with E-state index in [1.54, 1.807) is 7.11 Å². The van der Waals surface area contributed by atoms with Gasteiger partial charge in [-0.25, -0.2) is 0 Å². The lowest BCUT2D eigenvalue weighted by atomic mass is 9.83. The Morgan fingerprint density at radius 3 is 2.55 bits per heavy atom. The third-order valence-electron chi connectivity index (χ3n) is 4.63. The van der Waals surface area contributed by atoms with E-state index in [1.165, 1.54) is 44.1 Å². The van der Waals surface area contributed by atoms with Gasteiger partial charge in [0.25, 0.3) is 0 Å². The summed E-state index contributed by atoms with van der Waals surface area (Å²) >= 11 is 0. The van der Waals surface area contributed by atoms with Gasteiger partial charge in [-0.3, -0.25) is 0 Å². The molecular weight excluding hydrogens is 246 g/mol. The van der Waals surface area contributed by atoms with Crippen LogP contribution < -0.4 is 10.1 Å². The maximum absolute atomic E-state index is 5.46. The first-order chi connectivity index (χ1) is 9.74. The number of ether oxygens (including phenoxy) is 1. The van der Waals surface area contributed by atoms with Crippen LogP contribution in [0.25, 0.3) is 0 Å². The van der Waals surface area contributed by atoms with Gasteiger partial charge in [-0.1, -0.05) is 38.0 Å². The molecular formula is C18H29NO. The highest BCUT2D eigenvalue weighted by Gasteiger charge is 2.22. The van der Waals surface area contributed by atoms with Crippen LogP contribution in [0.4, 0.5) is 0 Å². The third-order valence-corrected chi connectivity index (χ3v) is 4.63. The Labute approximate surface area is 123 Å².